The van der Waals surface area contributed by atoms with E-state index in [1.165, 1.54) is 0 Å². The minimum absolute atomic E-state index is 0.0830. The largest absolute Gasteiger partial charge is 0.497 e. The van der Waals surface area contributed by atoms with E-state index in [-0.39, 0.29) is 18.0 Å². The molecule has 0 spiro atoms. The summed E-state index contributed by atoms with van der Waals surface area (Å²) in [7, 11) is 1.63. The number of ether oxygens (including phenoxy) is 1. The summed E-state index contributed by atoms with van der Waals surface area (Å²) in [4.78, 5) is 14.9. The van der Waals surface area contributed by atoms with Gasteiger partial charge in [0.25, 0.3) is 0 Å². The highest BCUT2D eigenvalue weighted by atomic mass is 16.5. The van der Waals surface area contributed by atoms with E-state index in [1.54, 1.807) is 19.4 Å². The molecule has 5 nitrogen and oxygen atoms in total. The van der Waals surface area contributed by atoms with E-state index in [0.717, 1.165) is 24.2 Å². The van der Waals surface area contributed by atoms with Crippen LogP contribution in [0.15, 0.2) is 47.1 Å². The van der Waals surface area contributed by atoms with Crippen LogP contribution in [0.25, 0.3) is 0 Å². The van der Waals surface area contributed by atoms with Crippen LogP contribution in [0, 0.1) is 0 Å². The topological polar surface area (TPSA) is 62.9 Å². The van der Waals surface area contributed by atoms with Gasteiger partial charge in [-0.25, -0.2) is 0 Å². The number of hydrogen-bond donors (Lipinski definition) is 1. The maximum atomic E-state index is 12.9. The molecule has 0 radical (unpaired) electrons. The number of fused-ring (bicyclic) bond motifs is 2. The van der Waals surface area contributed by atoms with Crippen molar-refractivity contribution in [1.29, 1.82) is 0 Å². The Labute approximate surface area is 147 Å². The molecule has 2 aliphatic rings. The first-order valence-corrected chi connectivity index (χ1v) is 8.79. The molecule has 1 aromatic carbocycles. The first-order valence-electron chi connectivity index (χ1n) is 8.79. The molecule has 3 atom stereocenters. The van der Waals surface area contributed by atoms with Gasteiger partial charge in [-0.3, -0.25) is 4.79 Å². The van der Waals surface area contributed by atoms with Gasteiger partial charge >= 0.3 is 0 Å². The fourth-order valence-corrected chi connectivity index (χ4v) is 4.39. The predicted octanol–water partition coefficient (Wildman–Crippen LogP) is 2.87. The van der Waals surface area contributed by atoms with E-state index in [0.29, 0.717) is 25.0 Å². The highest BCUT2D eigenvalue weighted by Crippen LogP contribution is 2.46. The number of amides is 1. The molecule has 0 aliphatic carbocycles. The lowest BCUT2D eigenvalue weighted by Crippen LogP contribution is -2.52. The lowest BCUT2D eigenvalue weighted by Gasteiger charge is -2.43. The number of furan rings is 1. The number of rotatable bonds is 4. The smallest absolute Gasteiger partial charge is 0.227 e. The Morgan fingerprint density at radius 3 is 2.48 bits per heavy atom. The van der Waals surface area contributed by atoms with Crippen molar-refractivity contribution < 1.29 is 19.1 Å². The molecule has 3 heterocycles. The van der Waals surface area contributed by atoms with Crippen LogP contribution in [-0.4, -0.2) is 35.1 Å². The Morgan fingerprint density at radius 1 is 1.24 bits per heavy atom. The standard InChI is InChI=1S/C20H23NO4/c1-24-17-8-4-14(5-9-17)11-19(22)21-15-6-7-16(21)13-20(23,12-15)18-3-2-10-25-18/h2-5,8-10,15-16,23H,6-7,11-13H2,1H3/t15-,16+,20?. The zero-order valence-corrected chi connectivity index (χ0v) is 14.4. The van der Waals surface area contributed by atoms with Crippen molar-refractivity contribution in [2.45, 2.75) is 49.8 Å². The van der Waals surface area contributed by atoms with Crippen molar-refractivity contribution in [2.24, 2.45) is 0 Å². The quantitative estimate of drug-likeness (QED) is 0.929. The summed E-state index contributed by atoms with van der Waals surface area (Å²) >= 11 is 0. The minimum atomic E-state index is -0.952. The molecule has 5 heteroatoms. The molecule has 4 rings (SSSR count). The number of benzene rings is 1. The van der Waals surface area contributed by atoms with E-state index >= 15 is 0 Å². The van der Waals surface area contributed by atoms with E-state index < -0.39 is 5.60 Å². The van der Waals surface area contributed by atoms with Crippen LogP contribution in [0.1, 0.15) is 37.0 Å². The van der Waals surface area contributed by atoms with E-state index in [9.17, 15) is 9.90 Å². The molecule has 2 saturated heterocycles. The van der Waals surface area contributed by atoms with Crippen molar-refractivity contribution in [3.8, 4) is 5.75 Å². The number of hydrogen-bond acceptors (Lipinski definition) is 4. The summed E-state index contributed by atoms with van der Waals surface area (Å²) in [5.41, 5.74) is 0.0312. The summed E-state index contributed by atoms with van der Waals surface area (Å²) in [6.45, 7) is 0. The molecule has 2 aromatic rings. The zero-order chi connectivity index (χ0) is 17.4. The fourth-order valence-electron chi connectivity index (χ4n) is 4.39. The maximum absolute atomic E-state index is 12.9. The van der Waals surface area contributed by atoms with Crippen molar-refractivity contribution in [3.63, 3.8) is 0 Å². The van der Waals surface area contributed by atoms with E-state index in [2.05, 4.69) is 0 Å². The van der Waals surface area contributed by atoms with Crippen molar-refractivity contribution in [3.05, 3.63) is 54.0 Å². The Kier molecular flexibility index (Phi) is 4.04. The molecule has 1 aromatic heterocycles. The third-order valence-electron chi connectivity index (χ3n) is 5.55. The van der Waals surface area contributed by atoms with Gasteiger partial charge in [0.1, 0.15) is 17.1 Å². The summed E-state index contributed by atoms with van der Waals surface area (Å²) in [6, 6.07) is 11.4. The highest BCUT2D eigenvalue weighted by Gasteiger charge is 2.51. The Morgan fingerprint density at radius 2 is 1.92 bits per heavy atom. The normalized spacial score (nSPS) is 28.2. The van der Waals surface area contributed by atoms with Crippen LogP contribution < -0.4 is 4.74 Å². The number of carbonyl (C=O) groups is 1. The third kappa shape index (κ3) is 2.93. The summed E-state index contributed by atoms with van der Waals surface area (Å²) in [6.07, 6.45) is 4.97. The molecule has 2 bridgehead atoms. The van der Waals surface area contributed by atoms with Gasteiger partial charge in [-0.1, -0.05) is 12.1 Å². The van der Waals surface area contributed by atoms with Crippen LogP contribution in [-0.2, 0) is 16.8 Å². The van der Waals surface area contributed by atoms with Crippen molar-refractivity contribution >= 4 is 5.91 Å². The van der Waals surface area contributed by atoms with Crippen LogP contribution in [0.4, 0.5) is 0 Å². The summed E-state index contributed by atoms with van der Waals surface area (Å²) in [5.74, 6) is 1.54. The predicted molar refractivity (Wildman–Crippen MR) is 92.2 cm³/mol. The van der Waals surface area contributed by atoms with Crippen LogP contribution in [0.5, 0.6) is 5.75 Å². The van der Waals surface area contributed by atoms with Gasteiger partial charge in [0.05, 0.1) is 19.8 Å². The average Bonchev–Trinajstić information content (AvgIpc) is 3.24. The molecule has 1 unspecified atom stereocenters. The number of carbonyl (C=O) groups excluding carboxylic acids is 1. The number of nitrogens with zero attached hydrogens (tertiary/aromatic N) is 1. The molecule has 0 saturated carbocycles. The molecular weight excluding hydrogens is 318 g/mol. The number of piperidine rings is 1. The second-order valence-corrected chi connectivity index (χ2v) is 7.13. The van der Waals surface area contributed by atoms with Crippen LogP contribution in [0.3, 0.4) is 0 Å². The highest BCUT2D eigenvalue weighted by molar-refractivity contribution is 5.80. The lowest BCUT2D eigenvalue weighted by atomic mass is 9.84. The van der Waals surface area contributed by atoms with Crippen LogP contribution in [0.2, 0.25) is 0 Å². The van der Waals surface area contributed by atoms with Crippen LogP contribution >= 0.6 is 0 Å². The Bertz CT molecular complexity index is 724. The molecule has 1 amide bonds. The molecule has 2 aliphatic heterocycles. The van der Waals surface area contributed by atoms with Gasteiger partial charge in [0, 0.05) is 24.9 Å². The zero-order valence-electron chi connectivity index (χ0n) is 14.4. The first-order chi connectivity index (χ1) is 12.1. The van der Waals surface area contributed by atoms with Crippen molar-refractivity contribution in [1.82, 2.24) is 4.90 Å². The fraction of sp³-hybridized carbons (Fsp3) is 0.450. The Balaban J connectivity index is 1.48. The molecule has 2 fully saturated rings. The number of aliphatic hydroxyl groups is 1. The maximum Gasteiger partial charge on any atom is 0.227 e. The summed E-state index contributed by atoms with van der Waals surface area (Å²) in [5, 5.41) is 11.0. The van der Waals surface area contributed by atoms with Gasteiger partial charge in [0.2, 0.25) is 5.91 Å². The second-order valence-electron chi connectivity index (χ2n) is 7.13. The lowest BCUT2D eigenvalue weighted by molar-refractivity contribution is -0.142. The SMILES string of the molecule is COc1ccc(CC(=O)N2[C@@H]3CC[C@H]2CC(O)(c2ccco2)C3)cc1. The number of methoxy groups -OCH3 is 1. The molecule has 132 valence electrons. The first kappa shape index (κ1) is 16.2. The Hall–Kier alpha value is -2.27. The second kappa shape index (κ2) is 6.23. The minimum Gasteiger partial charge on any atom is -0.497 e. The third-order valence-corrected chi connectivity index (χ3v) is 5.55. The van der Waals surface area contributed by atoms with Gasteiger partial charge < -0.3 is 19.2 Å². The van der Waals surface area contributed by atoms with Gasteiger partial charge in [-0.15, -0.1) is 0 Å². The molecule has 25 heavy (non-hydrogen) atoms. The van der Waals surface area contributed by atoms with E-state index in [4.69, 9.17) is 9.15 Å². The van der Waals surface area contributed by atoms with Gasteiger partial charge in [0.15, 0.2) is 0 Å². The molecular formula is C20H23NO4. The van der Waals surface area contributed by atoms with Gasteiger partial charge in [-0.2, -0.15) is 0 Å². The molecule has 1 N–H and O–H groups in total. The monoisotopic (exact) mass is 341 g/mol. The van der Waals surface area contributed by atoms with Gasteiger partial charge in [-0.05, 0) is 42.7 Å². The summed E-state index contributed by atoms with van der Waals surface area (Å²) < 4.78 is 10.6. The van der Waals surface area contributed by atoms with Crippen molar-refractivity contribution in [2.75, 3.05) is 7.11 Å². The van der Waals surface area contributed by atoms with E-state index in [1.807, 2.05) is 35.2 Å². The average molecular weight is 341 g/mol.